The van der Waals surface area contributed by atoms with Gasteiger partial charge in [-0.15, -0.1) is 5.53 Å². The number of aromatic nitrogens is 4. The Morgan fingerprint density at radius 2 is 1.46 bits per heavy atom. The number of hydrazine groups is 3. The molecule has 0 amide bonds. The van der Waals surface area contributed by atoms with Crippen LogP contribution in [0.15, 0.2) is 121 Å². The zero-order chi connectivity index (χ0) is 56.8. The number of likely N-dealkylation sites (N-methyl/N-ethyl adjacent to an activating group) is 1. The molecular weight excluding hydrogens is 1070 g/mol. The van der Waals surface area contributed by atoms with Crippen molar-refractivity contribution in [3.63, 3.8) is 0 Å². The van der Waals surface area contributed by atoms with Gasteiger partial charge in [0.1, 0.15) is 17.4 Å². The molecule has 2 aliphatic rings. The van der Waals surface area contributed by atoms with Crippen molar-refractivity contribution in [2.45, 2.75) is 59.3 Å². The molecule has 17 nitrogen and oxygen atoms in total. The van der Waals surface area contributed by atoms with Crippen LogP contribution in [-0.2, 0) is 27.4 Å². The third kappa shape index (κ3) is 15.3. The Morgan fingerprint density at radius 3 is 2.21 bits per heavy atom. The van der Waals surface area contributed by atoms with E-state index in [1.165, 1.54) is 38.7 Å². The molecule has 6 N–H and O–H groups in total. The smallest absolute Gasteiger partial charge is 0.214 e. The van der Waals surface area contributed by atoms with Gasteiger partial charge in [-0.2, -0.15) is 9.99 Å². The highest BCUT2D eigenvalue weighted by atomic mass is 35.5. The van der Waals surface area contributed by atoms with Crippen LogP contribution in [0, 0.1) is 13.8 Å². The first kappa shape index (κ1) is 59.0. The highest BCUT2D eigenvalue weighted by Gasteiger charge is 2.28. The number of anilines is 1. The van der Waals surface area contributed by atoms with Gasteiger partial charge >= 0.3 is 0 Å². The number of para-hydroxylation sites is 1. The van der Waals surface area contributed by atoms with Gasteiger partial charge in [-0.3, -0.25) is 14.8 Å². The Hall–Kier alpha value is -6.19. The summed E-state index contributed by atoms with van der Waals surface area (Å²) in [5.74, 6) is 2.02. The molecule has 82 heavy (non-hydrogen) atoms. The summed E-state index contributed by atoms with van der Waals surface area (Å²) in [5, 5.41) is 25.2. The van der Waals surface area contributed by atoms with Crippen molar-refractivity contribution >= 4 is 72.5 Å². The van der Waals surface area contributed by atoms with E-state index in [2.05, 4.69) is 152 Å². The number of fused-ring (bicyclic) bond motifs is 5. The summed E-state index contributed by atoms with van der Waals surface area (Å²) in [7, 11) is 2.20. The minimum atomic E-state index is 0.116. The first-order chi connectivity index (χ1) is 40.1. The summed E-state index contributed by atoms with van der Waals surface area (Å²) in [6.07, 6.45) is 9.48. The molecule has 19 heteroatoms. The number of aromatic amines is 1. The molecule has 0 aliphatic carbocycles. The number of allylic oxidation sites excluding steroid dienone is 1. The maximum atomic E-state index is 10.2. The van der Waals surface area contributed by atoms with Gasteiger partial charge in [-0.05, 0) is 135 Å². The van der Waals surface area contributed by atoms with Crippen molar-refractivity contribution in [3.05, 3.63) is 159 Å². The maximum absolute atomic E-state index is 10.2. The van der Waals surface area contributed by atoms with Crippen LogP contribution >= 0.6 is 23.2 Å². The van der Waals surface area contributed by atoms with Crippen molar-refractivity contribution < 1.29 is 23.9 Å². The van der Waals surface area contributed by atoms with Crippen molar-refractivity contribution in [2.24, 2.45) is 0 Å². The standard InChI is InChI=1S/C63H79Cl2N13O4/c1-5-77(67-44-75-27-23-53-46(3)61-60(45(2)56(53)42-75)55-40-52(79)21-22-58(55)69-61)32-34-80-36-38-82-39-37-81-35-33-78-41-51(71-72-78)10-8-25-73(4)26-9-24-66-63-54-11-6-7-12-57(54)68-59(70-63)43-74-28-30-76(31-29-74)62(47-13-17-49(64)18-14-47)48-15-19-50(65)20-16-48/h6-7,11-23,27,40-42,62,67,71-72H,5,8-10,24-26,28-39,43-44H2,1-4H3,(H2,66,68,70,79)/p+1. The number of hydrogen-bond acceptors (Lipinski definition) is 15. The highest BCUT2D eigenvalue weighted by molar-refractivity contribution is 6.30. The molecular formula is C63H80Cl2N13O4+. The minimum absolute atomic E-state index is 0.116. The third-order valence-corrected chi connectivity index (χ3v) is 16.3. The second-order valence-corrected chi connectivity index (χ2v) is 22.3. The molecule has 434 valence electrons. The van der Waals surface area contributed by atoms with Crippen molar-refractivity contribution in [1.82, 2.24) is 56.1 Å². The summed E-state index contributed by atoms with van der Waals surface area (Å²) in [4.78, 5) is 21.1. The summed E-state index contributed by atoms with van der Waals surface area (Å²) in [6, 6.07) is 32.6. The number of ether oxygens (including phenoxy) is 3. The Balaban J connectivity index is 0.560. The number of aromatic hydroxyl groups is 1. The maximum Gasteiger partial charge on any atom is 0.214 e. The minimum Gasteiger partial charge on any atom is -0.508 e. The lowest BCUT2D eigenvalue weighted by Gasteiger charge is -2.39. The normalized spacial score (nSPS) is 14.5. The van der Waals surface area contributed by atoms with E-state index in [-0.39, 0.29) is 11.8 Å². The van der Waals surface area contributed by atoms with Crippen molar-refractivity contribution in [1.29, 1.82) is 0 Å². The van der Waals surface area contributed by atoms with E-state index in [0.717, 1.165) is 139 Å². The fraction of sp³-hybridized carbons (Fsp3) is 0.413. The summed E-state index contributed by atoms with van der Waals surface area (Å²) in [6.45, 7) is 19.9. The van der Waals surface area contributed by atoms with Crippen LogP contribution in [0.2, 0.25) is 10.0 Å². The molecule has 3 aromatic heterocycles. The fourth-order valence-corrected chi connectivity index (χ4v) is 11.5. The number of nitrogens with zero attached hydrogens (tertiary/aromatic N) is 8. The van der Waals surface area contributed by atoms with E-state index in [9.17, 15) is 5.11 Å². The van der Waals surface area contributed by atoms with Gasteiger partial charge in [0.2, 0.25) is 6.67 Å². The summed E-state index contributed by atoms with van der Waals surface area (Å²) >= 11 is 12.6. The molecule has 0 radical (unpaired) electrons. The first-order valence-corrected chi connectivity index (χ1v) is 29.7. The van der Waals surface area contributed by atoms with Gasteiger partial charge in [0.05, 0.1) is 69.8 Å². The van der Waals surface area contributed by atoms with Crippen LogP contribution in [0.25, 0.3) is 43.5 Å². The number of rotatable bonds is 30. The lowest BCUT2D eigenvalue weighted by Crippen LogP contribution is -2.49. The zero-order valence-electron chi connectivity index (χ0n) is 47.9. The molecule has 0 saturated carbocycles. The van der Waals surface area contributed by atoms with Crippen LogP contribution in [-0.4, -0.2) is 157 Å². The lowest BCUT2D eigenvalue weighted by molar-refractivity contribution is -0.703. The van der Waals surface area contributed by atoms with Gasteiger partial charge in [0, 0.05) is 101 Å². The largest absolute Gasteiger partial charge is 0.508 e. The summed E-state index contributed by atoms with van der Waals surface area (Å²) in [5.41, 5.74) is 19.3. The van der Waals surface area contributed by atoms with Crippen molar-refractivity contribution in [2.75, 3.05) is 117 Å². The molecule has 1 fully saturated rings. The monoisotopic (exact) mass is 1150 g/mol. The van der Waals surface area contributed by atoms with E-state index < -0.39 is 0 Å². The van der Waals surface area contributed by atoms with Gasteiger partial charge in [-0.25, -0.2) is 15.0 Å². The topological polar surface area (TPSA) is 158 Å². The van der Waals surface area contributed by atoms with Gasteiger partial charge in [-0.1, -0.05) is 66.5 Å². The number of halogens is 2. The number of hydrogen-bond donors (Lipinski definition) is 6. The number of phenols is 1. The lowest BCUT2D eigenvalue weighted by atomic mass is 9.96. The number of aryl methyl sites for hydroxylation is 2. The molecule has 0 unspecified atom stereocenters. The van der Waals surface area contributed by atoms with Crippen LogP contribution < -0.4 is 26.3 Å². The SMILES string of the molecule is CCN(CCOCCOCCOCCN1C=C(CCCN(C)CCCNc2nc(CN3CCN(C(c4ccc(Cl)cc4)c4ccc(Cl)cc4)CC3)nc3ccccc23)NN1)NC[n+]1ccc2c(C)c3[nH]c4ccc(O)cc4c3c(C)c2c1. The number of pyridine rings is 1. The van der Waals surface area contributed by atoms with E-state index in [1.807, 2.05) is 41.4 Å². The van der Waals surface area contributed by atoms with Crippen LogP contribution in [0.3, 0.4) is 0 Å². The van der Waals surface area contributed by atoms with E-state index in [0.29, 0.717) is 52.9 Å². The van der Waals surface area contributed by atoms with Gasteiger partial charge in [0.15, 0.2) is 12.4 Å². The van der Waals surface area contributed by atoms with Crippen molar-refractivity contribution in [3.8, 4) is 5.75 Å². The zero-order valence-corrected chi connectivity index (χ0v) is 49.4. The van der Waals surface area contributed by atoms with Crippen LogP contribution in [0.1, 0.15) is 60.3 Å². The predicted molar refractivity (Wildman–Crippen MR) is 330 cm³/mol. The Morgan fingerprint density at radius 1 is 0.756 bits per heavy atom. The number of benzene rings is 5. The average Bonchev–Trinajstić information content (AvgIpc) is 4.32. The van der Waals surface area contributed by atoms with Gasteiger partial charge < -0.3 is 39.9 Å². The molecule has 1 saturated heterocycles. The van der Waals surface area contributed by atoms with Crippen LogP contribution in [0.4, 0.5) is 5.82 Å². The molecule has 5 heterocycles. The Bertz CT molecular complexity index is 3350. The van der Waals surface area contributed by atoms with E-state index >= 15 is 0 Å². The average molecular weight is 1150 g/mol. The molecule has 0 spiro atoms. The van der Waals surface area contributed by atoms with Gasteiger partial charge in [0.25, 0.3) is 0 Å². The number of phenolic OH excluding ortho intramolecular Hbond substituents is 1. The fourth-order valence-electron chi connectivity index (χ4n) is 11.3. The number of piperazine rings is 1. The van der Waals surface area contributed by atoms with E-state index in [4.69, 9.17) is 47.4 Å². The highest BCUT2D eigenvalue weighted by Crippen LogP contribution is 2.37. The molecule has 8 aromatic rings. The predicted octanol–water partition coefficient (Wildman–Crippen LogP) is 9.46. The Kier molecular flexibility index (Phi) is 20.8. The molecule has 0 bridgehead atoms. The Labute approximate surface area is 492 Å². The molecule has 2 aliphatic heterocycles. The first-order valence-electron chi connectivity index (χ1n) is 29.0. The van der Waals surface area contributed by atoms with E-state index in [1.54, 1.807) is 6.07 Å². The number of H-pyrrole nitrogens is 1. The molecule has 5 aromatic carbocycles. The molecule has 10 rings (SSSR count). The number of nitrogens with one attached hydrogen (secondary N) is 5. The quantitative estimate of drug-likeness (QED) is 0.0144. The second-order valence-electron chi connectivity index (χ2n) is 21.5. The third-order valence-electron chi connectivity index (χ3n) is 15.8. The molecule has 0 atom stereocenters. The van der Waals surface area contributed by atoms with Crippen LogP contribution in [0.5, 0.6) is 5.75 Å². The summed E-state index contributed by atoms with van der Waals surface area (Å²) < 4.78 is 19.7. The second kappa shape index (κ2) is 28.9.